The molecule has 0 radical (unpaired) electrons. The van der Waals surface area contributed by atoms with E-state index < -0.39 is 4.92 Å². The van der Waals surface area contributed by atoms with Crippen molar-refractivity contribution in [1.82, 2.24) is 9.97 Å². The summed E-state index contributed by atoms with van der Waals surface area (Å²) < 4.78 is 0.911. The van der Waals surface area contributed by atoms with E-state index in [9.17, 15) is 10.1 Å². The number of rotatable bonds is 4. The molecule has 0 amide bonds. The lowest BCUT2D eigenvalue weighted by molar-refractivity contribution is -0.384. The quantitative estimate of drug-likeness (QED) is 0.508. The van der Waals surface area contributed by atoms with Crippen LogP contribution in [0.2, 0.25) is 0 Å². The molecule has 0 saturated heterocycles. The third kappa shape index (κ3) is 3.16. The van der Waals surface area contributed by atoms with Gasteiger partial charge >= 0.3 is 0 Å². The molecule has 2 aromatic rings. The maximum atomic E-state index is 10.8. The van der Waals surface area contributed by atoms with Crippen LogP contribution in [-0.2, 0) is 0 Å². The molecule has 0 aliphatic heterocycles. The lowest BCUT2D eigenvalue weighted by Crippen LogP contribution is -2.03. The van der Waals surface area contributed by atoms with Crippen LogP contribution in [0.1, 0.15) is 6.92 Å². The van der Waals surface area contributed by atoms with E-state index in [0.717, 1.165) is 15.9 Å². The standard InChI is InChI=1S/C12H11IN4O2/c1-2-14-12-10(13)7-15-11(16-12)8-4-3-5-9(6-8)17(18)19/h3-7H,2H2,1H3,(H,14,15,16). The summed E-state index contributed by atoms with van der Waals surface area (Å²) in [6.07, 6.45) is 1.69. The highest BCUT2D eigenvalue weighted by Crippen LogP contribution is 2.23. The average Bonchev–Trinajstić information content (AvgIpc) is 2.41. The highest BCUT2D eigenvalue weighted by atomic mass is 127. The molecule has 1 heterocycles. The fraction of sp³-hybridized carbons (Fsp3) is 0.167. The van der Waals surface area contributed by atoms with Gasteiger partial charge < -0.3 is 5.32 Å². The van der Waals surface area contributed by atoms with E-state index in [1.54, 1.807) is 18.3 Å². The van der Waals surface area contributed by atoms with Crippen molar-refractivity contribution in [2.45, 2.75) is 6.92 Å². The zero-order chi connectivity index (χ0) is 13.8. The molecule has 0 atom stereocenters. The van der Waals surface area contributed by atoms with Crippen LogP contribution in [-0.4, -0.2) is 21.4 Å². The van der Waals surface area contributed by atoms with Crippen LogP contribution < -0.4 is 5.32 Å². The Morgan fingerprint density at radius 1 is 1.47 bits per heavy atom. The van der Waals surface area contributed by atoms with Gasteiger partial charge in [-0.15, -0.1) is 0 Å². The van der Waals surface area contributed by atoms with Crippen molar-refractivity contribution >= 4 is 34.1 Å². The van der Waals surface area contributed by atoms with Crippen molar-refractivity contribution in [1.29, 1.82) is 0 Å². The summed E-state index contributed by atoms with van der Waals surface area (Å²) in [4.78, 5) is 18.9. The fourth-order valence-corrected chi connectivity index (χ4v) is 2.01. The maximum Gasteiger partial charge on any atom is 0.270 e. The number of nitro benzene ring substituents is 1. The second kappa shape index (κ2) is 5.91. The van der Waals surface area contributed by atoms with Gasteiger partial charge in [0.2, 0.25) is 0 Å². The van der Waals surface area contributed by atoms with Gasteiger partial charge in [-0.05, 0) is 29.5 Å². The molecule has 0 saturated carbocycles. The first kappa shape index (κ1) is 13.7. The van der Waals surface area contributed by atoms with Gasteiger partial charge in [-0.2, -0.15) is 0 Å². The minimum absolute atomic E-state index is 0.0321. The second-order valence-electron chi connectivity index (χ2n) is 3.73. The number of non-ortho nitro benzene ring substituents is 1. The van der Waals surface area contributed by atoms with Gasteiger partial charge in [0.05, 0.1) is 8.49 Å². The van der Waals surface area contributed by atoms with Crippen molar-refractivity contribution in [3.63, 3.8) is 0 Å². The molecule has 19 heavy (non-hydrogen) atoms. The molecule has 98 valence electrons. The number of nitrogens with zero attached hydrogens (tertiary/aromatic N) is 3. The molecule has 0 aliphatic carbocycles. The van der Waals surface area contributed by atoms with Gasteiger partial charge in [0.25, 0.3) is 5.69 Å². The van der Waals surface area contributed by atoms with Crippen LogP contribution in [0.5, 0.6) is 0 Å². The van der Waals surface area contributed by atoms with E-state index in [1.807, 2.05) is 6.92 Å². The summed E-state index contributed by atoms with van der Waals surface area (Å²) in [6, 6.07) is 6.30. The van der Waals surface area contributed by atoms with Gasteiger partial charge in [0.15, 0.2) is 5.82 Å². The smallest absolute Gasteiger partial charge is 0.270 e. The Kier molecular flexibility index (Phi) is 4.25. The fourth-order valence-electron chi connectivity index (χ4n) is 1.56. The Morgan fingerprint density at radius 2 is 2.26 bits per heavy atom. The van der Waals surface area contributed by atoms with Crippen LogP contribution in [0.25, 0.3) is 11.4 Å². The number of hydrogen-bond donors (Lipinski definition) is 1. The van der Waals surface area contributed by atoms with Crippen LogP contribution in [0.15, 0.2) is 30.5 Å². The number of halogens is 1. The normalized spacial score (nSPS) is 10.2. The Balaban J connectivity index is 2.44. The first-order chi connectivity index (χ1) is 9.11. The summed E-state index contributed by atoms with van der Waals surface area (Å²) >= 11 is 2.14. The van der Waals surface area contributed by atoms with Crippen molar-refractivity contribution in [2.75, 3.05) is 11.9 Å². The lowest BCUT2D eigenvalue weighted by Gasteiger charge is -2.07. The van der Waals surface area contributed by atoms with Crippen LogP contribution >= 0.6 is 22.6 Å². The van der Waals surface area contributed by atoms with Crippen molar-refractivity contribution in [3.05, 3.63) is 44.1 Å². The zero-order valence-corrected chi connectivity index (χ0v) is 12.3. The van der Waals surface area contributed by atoms with Gasteiger partial charge in [-0.3, -0.25) is 10.1 Å². The third-order valence-electron chi connectivity index (χ3n) is 2.40. The number of nitrogens with one attached hydrogen (secondary N) is 1. The highest BCUT2D eigenvalue weighted by molar-refractivity contribution is 14.1. The van der Waals surface area contributed by atoms with Gasteiger partial charge in [-0.1, -0.05) is 12.1 Å². The minimum atomic E-state index is -0.429. The molecule has 7 heteroatoms. The van der Waals surface area contributed by atoms with E-state index in [-0.39, 0.29) is 5.69 Å². The van der Waals surface area contributed by atoms with Crippen molar-refractivity contribution < 1.29 is 4.92 Å². The maximum absolute atomic E-state index is 10.8. The van der Waals surface area contributed by atoms with Crippen LogP contribution in [0.4, 0.5) is 11.5 Å². The number of nitro groups is 1. The number of aromatic nitrogens is 2. The molecule has 0 fully saturated rings. The zero-order valence-electron chi connectivity index (χ0n) is 10.1. The molecule has 0 spiro atoms. The molecule has 2 rings (SSSR count). The van der Waals surface area contributed by atoms with Crippen LogP contribution in [0, 0.1) is 13.7 Å². The summed E-state index contributed by atoms with van der Waals surface area (Å²) in [5, 5.41) is 13.9. The molecule has 0 unspecified atom stereocenters. The Labute approximate surface area is 123 Å². The monoisotopic (exact) mass is 370 g/mol. The topological polar surface area (TPSA) is 81.0 Å². The van der Waals surface area contributed by atoms with Crippen molar-refractivity contribution in [2.24, 2.45) is 0 Å². The Hall–Kier alpha value is -1.77. The average molecular weight is 370 g/mol. The molecular formula is C12H11IN4O2. The predicted octanol–water partition coefficient (Wildman–Crippen LogP) is 3.09. The summed E-state index contributed by atoms with van der Waals surface area (Å²) in [5.41, 5.74) is 0.661. The highest BCUT2D eigenvalue weighted by Gasteiger charge is 2.10. The molecule has 1 aromatic heterocycles. The number of anilines is 1. The summed E-state index contributed by atoms with van der Waals surface area (Å²) in [5.74, 6) is 1.21. The summed E-state index contributed by atoms with van der Waals surface area (Å²) in [7, 11) is 0. The van der Waals surface area contributed by atoms with Gasteiger partial charge in [0.1, 0.15) is 5.82 Å². The first-order valence-corrected chi connectivity index (χ1v) is 6.71. The molecule has 0 bridgehead atoms. The predicted molar refractivity (Wildman–Crippen MR) is 81.0 cm³/mol. The largest absolute Gasteiger partial charge is 0.369 e. The molecule has 0 aliphatic rings. The van der Waals surface area contributed by atoms with E-state index in [2.05, 4.69) is 37.9 Å². The van der Waals surface area contributed by atoms with E-state index in [0.29, 0.717) is 11.4 Å². The SMILES string of the molecule is CCNc1nc(-c2cccc([N+](=O)[O-])c2)ncc1I. The Morgan fingerprint density at radius 3 is 2.95 bits per heavy atom. The van der Waals surface area contributed by atoms with Crippen molar-refractivity contribution in [3.8, 4) is 11.4 Å². The lowest BCUT2D eigenvalue weighted by atomic mass is 10.2. The number of hydrogen-bond acceptors (Lipinski definition) is 5. The van der Waals surface area contributed by atoms with E-state index in [4.69, 9.17) is 0 Å². The minimum Gasteiger partial charge on any atom is -0.369 e. The third-order valence-corrected chi connectivity index (χ3v) is 3.19. The number of benzene rings is 1. The Bertz CT molecular complexity index is 618. The molecular weight excluding hydrogens is 359 g/mol. The molecule has 1 aromatic carbocycles. The summed E-state index contributed by atoms with van der Waals surface area (Å²) in [6.45, 7) is 2.73. The van der Waals surface area contributed by atoms with Crippen LogP contribution in [0.3, 0.4) is 0 Å². The van der Waals surface area contributed by atoms with Gasteiger partial charge in [-0.25, -0.2) is 9.97 Å². The molecule has 1 N–H and O–H groups in total. The first-order valence-electron chi connectivity index (χ1n) is 5.63. The van der Waals surface area contributed by atoms with E-state index in [1.165, 1.54) is 12.1 Å². The molecule has 6 nitrogen and oxygen atoms in total. The second-order valence-corrected chi connectivity index (χ2v) is 4.89. The van der Waals surface area contributed by atoms with E-state index >= 15 is 0 Å². The van der Waals surface area contributed by atoms with Gasteiger partial charge in [0, 0.05) is 30.4 Å².